The zero-order valence-electron chi connectivity index (χ0n) is 8.73. The molecular weight excluding hydrogens is 264 g/mol. The van der Waals surface area contributed by atoms with Gasteiger partial charge in [0.05, 0.1) is 5.75 Å². The largest absolute Gasteiger partial charge is 0.229 e. The summed E-state index contributed by atoms with van der Waals surface area (Å²) in [6.07, 6.45) is 0. The molecule has 0 spiro atoms. The van der Waals surface area contributed by atoms with E-state index in [1.54, 1.807) is 13.0 Å². The molecule has 0 aliphatic rings. The third-order valence-electron chi connectivity index (χ3n) is 2.44. The molecule has 0 atom stereocenters. The summed E-state index contributed by atoms with van der Waals surface area (Å²) in [4.78, 5) is 0. The number of hydrogen-bond donors (Lipinski definition) is 0. The van der Waals surface area contributed by atoms with E-state index in [9.17, 15) is 8.42 Å². The van der Waals surface area contributed by atoms with E-state index in [1.807, 2.05) is 17.5 Å². The van der Waals surface area contributed by atoms with E-state index >= 15 is 0 Å². The molecule has 0 amide bonds. The lowest BCUT2D eigenvalue weighted by molar-refractivity contribution is 0.596. The highest BCUT2D eigenvalue weighted by Crippen LogP contribution is 2.32. The van der Waals surface area contributed by atoms with Gasteiger partial charge in [-0.15, -0.1) is 11.3 Å². The first kappa shape index (κ1) is 11.9. The van der Waals surface area contributed by atoms with Crippen LogP contribution in [0.3, 0.4) is 0 Å². The summed E-state index contributed by atoms with van der Waals surface area (Å²) in [7, 11) is -3.00. The van der Waals surface area contributed by atoms with Crippen LogP contribution in [0.5, 0.6) is 0 Å². The Kier molecular flexibility index (Phi) is 3.24. The fraction of sp³-hybridized carbons (Fsp3) is 0.273. The minimum Gasteiger partial charge on any atom is -0.229 e. The van der Waals surface area contributed by atoms with Crippen LogP contribution in [0.15, 0.2) is 23.6 Å². The minimum atomic E-state index is -3.00. The minimum absolute atomic E-state index is 0.0766. The van der Waals surface area contributed by atoms with Gasteiger partial charge in [0.25, 0.3) is 0 Å². The zero-order valence-corrected chi connectivity index (χ0v) is 11.1. The van der Waals surface area contributed by atoms with Gasteiger partial charge in [0, 0.05) is 20.9 Å². The molecule has 1 heterocycles. The molecule has 0 saturated heterocycles. The quantitative estimate of drug-likeness (QED) is 0.859. The molecule has 0 radical (unpaired) electrons. The lowest BCUT2D eigenvalue weighted by atomic mass is 10.2. The Labute approximate surface area is 104 Å². The van der Waals surface area contributed by atoms with Crippen molar-refractivity contribution < 1.29 is 8.42 Å². The van der Waals surface area contributed by atoms with Gasteiger partial charge in [0.1, 0.15) is 0 Å². The number of fused-ring (bicyclic) bond motifs is 1. The Morgan fingerprint density at radius 2 is 2.12 bits per heavy atom. The Balaban J connectivity index is 2.54. The summed E-state index contributed by atoms with van der Waals surface area (Å²) in [6, 6.07) is 5.62. The maximum absolute atomic E-state index is 11.6. The standard InChI is InChI=1S/C11H11ClO2S2/c1-2-16(13,14)7-8-6-15-10-5-3-4-9(12)11(8)10/h3-6H,2,7H2,1H3. The fourth-order valence-corrected chi connectivity index (χ4v) is 3.90. The Morgan fingerprint density at radius 3 is 2.81 bits per heavy atom. The van der Waals surface area contributed by atoms with Crippen molar-refractivity contribution in [2.24, 2.45) is 0 Å². The molecule has 0 unspecified atom stereocenters. The van der Waals surface area contributed by atoms with Crippen LogP contribution < -0.4 is 0 Å². The van der Waals surface area contributed by atoms with E-state index in [1.165, 1.54) is 11.3 Å². The van der Waals surface area contributed by atoms with Gasteiger partial charge in [-0.2, -0.15) is 0 Å². The van der Waals surface area contributed by atoms with Crippen LogP contribution >= 0.6 is 22.9 Å². The van der Waals surface area contributed by atoms with Crippen molar-refractivity contribution in [3.05, 3.63) is 34.2 Å². The lowest BCUT2D eigenvalue weighted by Gasteiger charge is -2.01. The van der Waals surface area contributed by atoms with Gasteiger partial charge < -0.3 is 0 Å². The summed E-state index contributed by atoms with van der Waals surface area (Å²) in [5.41, 5.74) is 0.812. The van der Waals surface area contributed by atoms with Gasteiger partial charge in [-0.3, -0.25) is 0 Å². The Morgan fingerprint density at radius 1 is 1.38 bits per heavy atom. The van der Waals surface area contributed by atoms with Crippen LogP contribution in [-0.2, 0) is 15.6 Å². The fourth-order valence-electron chi connectivity index (χ4n) is 1.55. The van der Waals surface area contributed by atoms with Gasteiger partial charge in [-0.05, 0) is 23.1 Å². The van der Waals surface area contributed by atoms with E-state index in [0.717, 1.165) is 15.6 Å². The molecule has 2 rings (SSSR count). The number of rotatable bonds is 3. The molecule has 2 nitrogen and oxygen atoms in total. The molecule has 0 bridgehead atoms. The van der Waals surface area contributed by atoms with Crippen LogP contribution in [0.2, 0.25) is 5.02 Å². The van der Waals surface area contributed by atoms with Crippen molar-refractivity contribution in [1.29, 1.82) is 0 Å². The monoisotopic (exact) mass is 274 g/mol. The van der Waals surface area contributed by atoms with Crippen LogP contribution in [0.4, 0.5) is 0 Å². The average Bonchev–Trinajstić information content (AvgIpc) is 2.62. The first-order valence-electron chi connectivity index (χ1n) is 4.88. The van der Waals surface area contributed by atoms with Crippen LogP contribution in [0.25, 0.3) is 10.1 Å². The van der Waals surface area contributed by atoms with E-state index in [-0.39, 0.29) is 11.5 Å². The predicted molar refractivity (Wildman–Crippen MR) is 70.0 cm³/mol. The Hall–Kier alpha value is -0.580. The van der Waals surface area contributed by atoms with Gasteiger partial charge in [-0.25, -0.2) is 8.42 Å². The van der Waals surface area contributed by atoms with Crippen molar-refractivity contribution in [1.82, 2.24) is 0 Å². The number of halogens is 1. The van der Waals surface area contributed by atoms with E-state index < -0.39 is 9.84 Å². The van der Waals surface area contributed by atoms with E-state index in [4.69, 9.17) is 11.6 Å². The molecule has 86 valence electrons. The first-order chi connectivity index (χ1) is 7.53. The smallest absolute Gasteiger partial charge is 0.154 e. The highest BCUT2D eigenvalue weighted by Gasteiger charge is 2.14. The van der Waals surface area contributed by atoms with Gasteiger partial charge in [0.2, 0.25) is 0 Å². The highest BCUT2D eigenvalue weighted by molar-refractivity contribution is 7.90. The van der Waals surface area contributed by atoms with Gasteiger partial charge in [-0.1, -0.05) is 24.6 Å². The summed E-state index contributed by atoms with van der Waals surface area (Å²) in [5.74, 6) is 0.238. The topological polar surface area (TPSA) is 34.1 Å². The van der Waals surface area contributed by atoms with E-state index in [0.29, 0.717) is 5.02 Å². The lowest BCUT2D eigenvalue weighted by Crippen LogP contribution is -2.05. The number of benzene rings is 1. The SMILES string of the molecule is CCS(=O)(=O)Cc1csc2cccc(Cl)c12. The molecule has 5 heteroatoms. The third-order valence-corrected chi connectivity index (χ3v) is 5.38. The van der Waals surface area contributed by atoms with Crippen molar-refractivity contribution in [2.75, 3.05) is 5.75 Å². The van der Waals surface area contributed by atoms with Crippen LogP contribution in [-0.4, -0.2) is 14.2 Å². The normalized spacial score (nSPS) is 12.1. The molecule has 0 aliphatic heterocycles. The second kappa shape index (κ2) is 4.35. The van der Waals surface area contributed by atoms with Crippen molar-refractivity contribution in [2.45, 2.75) is 12.7 Å². The van der Waals surface area contributed by atoms with Gasteiger partial charge in [0.15, 0.2) is 9.84 Å². The van der Waals surface area contributed by atoms with Gasteiger partial charge >= 0.3 is 0 Å². The second-order valence-electron chi connectivity index (χ2n) is 3.55. The highest BCUT2D eigenvalue weighted by atomic mass is 35.5. The third kappa shape index (κ3) is 2.24. The molecule has 1 aromatic carbocycles. The molecular formula is C11H11ClO2S2. The summed E-state index contributed by atoms with van der Waals surface area (Å²) in [6.45, 7) is 1.66. The summed E-state index contributed by atoms with van der Waals surface area (Å²) >= 11 is 7.62. The number of hydrogen-bond acceptors (Lipinski definition) is 3. The first-order valence-corrected chi connectivity index (χ1v) is 7.96. The average molecular weight is 275 g/mol. The molecule has 0 saturated carbocycles. The van der Waals surface area contributed by atoms with Crippen molar-refractivity contribution >= 4 is 42.9 Å². The maximum Gasteiger partial charge on any atom is 0.154 e. The van der Waals surface area contributed by atoms with Crippen molar-refractivity contribution in [3.63, 3.8) is 0 Å². The molecule has 1 aromatic heterocycles. The Bertz CT molecular complexity index is 614. The number of thiophene rings is 1. The molecule has 0 N–H and O–H groups in total. The molecule has 0 fully saturated rings. The predicted octanol–water partition coefficient (Wildman–Crippen LogP) is 3.49. The number of sulfone groups is 1. The van der Waals surface area contributed by atoms with Crippen LogP contribution in [0.1, 0.15) is 12.5 Å². The van der Waals surface area contributed by atoms with Crippen LogP contribution in [0, 0.1) is 0 Å². The summed E-state index contributed by atoms with van der Waals surface area (Å²) in [5, 5.41) is 3.38. The van der Waals surface area contributed by atoms with Crippen molar-refractivity contribution in [3.8, 4) is 0 Å². The summed E-state index contributed by atoms with van der Waals surface area (Å²) < 4.78 is 24.2. The molecule has 2 aromatic rings. The second-order valence-corrected chi connectivity index (χ2v) is 7.22. The van der Waals surface area contributed by atoms with E-state index in [2.05, 4.69) is 0 Å². The zero-order chi connectivity index (χ0) is 11.8. The maximum atomic E-state index is 11.6. The molecule has 0 aliphatic carbocycles. The molecule has 16 heavy (non-hydrogen) atoms.